The van der Waals surface area contributed by atoms with E-state index >= 15 is 4.39 Å². The van der Waals surface area contributed by atoms with E-state index in [4.69, 9.17) is 42.1 Å². The third kappa shape index (κ3) is 8.20. The molecule has 46 heavy (non-hydrogen) atoms. The van der Waals surface area contributed by atoms with Crippen LogP contribution in [-0.4, -0.2) is 59.9 Å². The number of carbonyl (C=O) groups excluding carboxylic acids is 2. The van der Waals surface area contributed by atoms with Gasteiger partial charge in [0.05, 0.1) is 29.8 Å². The van der Waals surface area contributed by atoms with E-state index in [9.17, 15) is 14.9 Å². The zero-order valence-electron chi connectivity index (χ0n) is 25.3. The number of aromatic nitrogens is 1. The van der Waals surface area contributed by atoms with Crippen molar-refractivity contribution in [3.05, 3.63) is 87.3 Å². The lowest BCUT2D eigenvalue weighted by molar-refractivity contribution is -0.0557. The summed E-state index contributed by atoms with van der Waals surface area (Å²) in [5.41, 5.74) is 0.761. The lowest BCUT2D eigenvalue weighted by Gasteiger charge is -2.34. The first-order valence-electron chi connectivity index (χ1n) is 14.4. The minimum atomic E-state index is -0.763. The Bertz CT molecular complexity index is 1820. The van der Waals surface area contributed by atoms with Crippen molar-refractivity contribution in [1.82, 2.24) is 15.2 Å². The number of halogens is 3. The number of aromatic amines is 1. The minimum absolute atomic E-state index is 0.00937. The van der Waals surface area contributed by atoms with E-state index < -0.39 is 17.3 Å². The number of amides is 2. The van der Waals surface area contributed by atoms with Gasteiger partial charge in [0.15, 0.2) is 11.6 Å². The molecule has 2 N–H and O–H groups in total. The first-order valence-corrected chi connectivity index (χ1v) is 15.1. The van der Waals surface area contributed by atoms with Crippen molar-refractivity contribution in [2.75, 3.05) is 26.3 Å². The van der Waals surface area contributed by atoms with E-state index in [1.165, 1.54) is 30.3 Å². The normalized spacial score (nSPS) is 14.9. The summed E-state index contributed by atoms with van der Waals surface area (Å²) in [5, 5.41) is 12.9. The fraction of sp³-hybridized carbons (Fsp3) is 0.303. The van der Waals surface area contributed by atoms with E-state index in [0.29, 0.717) is 31.0 Å². The van der Waals surface area contributed by atoms with Crippen LogP contribution in [0.1, 0.15) is 42.4 Å². The van der Waals surface area contributed by atoms with Gasteiger partial charge in [-0.25, -0.2) is 9.18 Å². The third-order valence-corrected chi connectivity index (χ3v) is 7.37. The maximum atomic E-state index is 15.4. The number of rotatable bonds is 8. The highest BCUT2D eigenvalue weighted by molar-refractivity contribution is 6.32. The van der Waals surface area contributed by atoms with Crippen LogP contribution in [0.15, 0.2) is 54.6 Å². The van der Waals surface area contributed by atoms with Crippen LogP contribution in [0, 0.1) is 17.1 Å². The number of nitriles is 1. The average molecular weight is 670 g/mol. The second-order valence-corrected chi connectivity index (χ2v) is 12.4. The van der Waals surface area contributed by atoms with Gasteiger partial charge in [0, 0.05) is 34.6 Å². The molecule has 10 nitrogen and oxygen atoms in total. The predicted octanol–water partition coefficient (Wildman–Crippen LogP) is 7.22. The molecule has 0 aliphatic carbocycles. The monoisotopic (exact) mass is 668 g/mol. The van der Waals surface area contributed by atoms with Crippen molar-refractivity contribution in [2.45, 2.75) is 39.0 Å². The van der Waals surface area contributed by atoms with E-state index in [1.807, 2.05) is 26.8 Å². The number of nitrogens with one attached hydrogen (secondary N) is 2. The number of nitrogens with zero attached hydrogens (tertiary/aromatic N) is 2. The Morgan fingerprint density at radius 2 is 1.93 bits per heavy atom. The summed E-state index contributed by atoms with van der Waals surface area (Å²) < 4.78 is 38.2. The van der Waals surface area contributed by atoms with Gasteiger partial charge < -0.3 is 34.1 Å². The molecule has 1 fully saturated rings. The first-order chi connectivity index (χ1) is 21.9. The highest BCUT2D eigenvalue weighted by Crippen LogP contribution is 2.35. The van der Waals surface area contributed by atoms with Gasteiger partial charge in [-0.05, 0) is 69.3 Å². The van der Waals surface area contributed by atoms with Crippen molar-refractivity contribution in [3.63, 3.8) is 0 Å². The smallest absolute Gasteiger partial charge is 0.410 e. The van der Waals surface area contributed by atoms with Crippen molar-refractivity contribution in [3.8, 4) is 23.3 Å². The molecular formula is C33H31Cl2FN4O6. The molecular weight excluding hydrogens is 638 g/mol. The second-order valence-electron chi connectivity index (χ2n) is 11.6. The minimum Gasteiger partial charge on any atom is -0.491 e. The summed E-state index contributed by atoms with van der Waals surface area (Å²) in [5.74, 6) is -0.771. The van der Waals surface area contributed by atoms with Crippen LogP contribution in [-0.2, 0) is 16.0 Å². The SMILES string of the molecule is CC(C)(C)OC(=O)N1CCO[C@@H](COc2ccc3[nH]c(C(=O)NCc4ccc(Cl)c(Oc5cc(Cl)cc(C#N)c5)c4F)cc3c2)C1. The van der Waals surface area contributed by atoms with Gasteiger partial charge in [-0.15, -0.1) is 0 Å². The lowest BCUT2D eigenvalue weighted by atomic mass is 10.2. The molecule has 1 aliphatic heterocycles. The molecule has 4 aromatic rings. The predicted molar refractivity (Wildman–Crippen MR) is 170 cm³/mol. The molecule has 2 amide bonds. The van der Waals surface area contributed by atoms with Gasteiger partial charge >= 0.3 is 6.09 Å². The molecule has 240 valence electrons. The van der Waals surface area contributed by atoms with Gasteiger partial charge in [-0.2, -0.15) is 5.26 Å². The van der Waals surface area contributed by atoms with Gasteiger partial charge in [0.1, 0.15) is 35.5 Å². The van der Waals surface area contributed by atoms with E-state index in [-0.39, 0.29) is 63.7 Å². The zero-order valence-corrected chi connectivity index (χ0v) is 26.8. The van der Waals surface area contributed by atoms with Crippen LogP contribution in [0.3, 0.4) is 0 Å². The first kappa shape index (κ1) is 32.9. The molecule has 1 aliphatic rings. The molecule has 2 heterocycles. The molecule has 3 aromatic carbocycles. The summed E-state index contributed by atoms with van der Waals surface area (Å²) in [4.78, 5) is 30.1. The molecule has 0 bridgehead atoms. The topological polar surface area (TPSA) is 126 Å². The van der Waals surface area contributed by atoms with Crippen LogP contribution in [0.4, 0.5) is 9.18 Å². The highest BCUT2D eigenvalue weighted by atomic mass is 35.5. The number of carbonyl (C=O) groups is 2. The third-order valence-electron chi connectivity index (χ3n) is 6.85. The Kier molecular flexibility index (Phi) is 9.91. The van der Waals surface area contributed by atoms with Crippen LogP contribution < -0.4 is 14.8 Å². The molecule has 0 saturated carbocycles. The van der Waals surface area contributed by atoms with Crippen LogP contribution in [0.5, 0.6) is 17.2 Å². The fourth-order valence-electron chi connectivity index (χ4n) is 4.70. The highest BCUT2D eigenvalue weighted by Gasteiger charge is 2.28. The van der Waals surface area contributed by atoms with Gasteiger partial charge in [-0.3, -0.25) is 4.79 Å². The fourth-order valence-corrected chi connectivity index (χ4v) is 5.11. The number of ether oxygens (including phenoxy) is 4. The number of fused-ring (bicyclic) bond motifs is 1. The number of morpholine rings is 1. The summed E-state index contributed by atoms with van der Waals surface area (Å²) >= 11 is 12.2. The van der Waals surface area contributed by atoms with E-state index in [2.05, 4.69) is 10.3 Å². The lowest BCUT2D eigenvalue weighted by Crippen LogP contribution is -2.49. The molecule has 1 saturated heterocycles. The van der Waals surface area contributed by atoms with E-state index in [1.54, 1.807) is 29.2 Å². The molecule has 0 spiro atoms. The Balaban J connectivity index is 1.19. The van der Waals surface area contributed by atoms with Crippen molar-refractivity contribution in [2.24, 2.45) is 0 Å². The number of H-pyrrole nitrogens is 1. The number of benzene rings is 3. The Morgan fingerprint density at radius 1 is 1.13 bits per heavy atom. The summed E-state index contributed by atoms with van der Waals surface area (Å²) in [6, 6.07) is 16.1. The molecule has 1 aromatic heterocycles. The standard InChI is InChI=1S/C33H31Cl2FN4O6/c1-33(2,3)46-32(42)40-8-9-43-25(17-40)18-44-23-5-7-27-21(12-23)13-28(39-27)31(41)38-16-20-4-6-26(35)30(29(20)36)45-24-11-19(15-37)10-22(34)14-24/h4-7,10-14,25,39H,8-9,16-18H2,1-3H3,(H,38,41)/t25-/m1/s1. The maximum Gasteiger partial charge on any atom is 0.410 e. The summed E-state index contributed by atoms with van der Waals surface area (Å²) in [7, 11) is 0. The van der Waals surface area contributed by atoms with Crippen molar-refractivity contribution >= 4 is 46.1 Å². The van der Waals surface area contributed by atoms with Crippen LogP contribution in [0.2, 0.25) is 10.0 Å². The van der Waals surface area contributed by atoms with Crippen molar-refractivity contribution in [1.29, 1.82) is 5.26 Å². The Morgan fingerprint density at radius 3 is 2.70 bits per heavy atom. The molecule has 1 atom stereocenters. The van der Waals surface area contributed by atoms with Crippen molar-refractivity contribution < 1.29 is 32.9 Å². The van der Waals surface area contributed by atoms with Gasteiger partial charge in [-0.1, -0.05) is 29.3 Å². The molecule has 13 heteroatoms. The second kappa shape index (κ2) is 13.9. The summed E-state index contributed by atoms with van der Waals surface area (Å²) in [6.07, 6.45) is -0.718. The molecule has 0 radical (unpaired) electrons. The summed E-state index contributed by atoms with van der Waals surface area (Å²) in [6.45, 7) is 6.69. The van der Waals surface area contributed by atoms with Gasteiger partial charge in [0.25, 0.3) is 5.91 Å². The Hall–Kier alpha value is -4.50. The number of hydrogen-bond donors (Lipinski definition) is 2. The average Bonchev–Trinajstić information content (AvgIpc) is 3.44. The largest absolute Gasteiger partial charge is 0.491 e. The quantitative estimate of drug-likeness (QED) is 0.203. The van der Waals surface area contributed by atoms with E-state index in [0.717, 1.165) is 5.39 Å². The Labute approximate surface area is 274 Å². The maximum absolute atomic E-state index is 15.4. The zero-order chi connectivity index (χ0) is 33.0. The number of hydrogen-bond acceptors (Lipinski definition) is 7. The van der Waals surface area contributed by atoms with Crippen LogP contribution in [0.25, 0.3) is 10.9 Å². The van der Waals surface area contributed by atoms with Crippen LogP contribution >= 0.6 is 23.2 Å². The molecule has 5 rings (SSSR count). The molecule has 0 unspecified atom stereocenters. The van der Waals surface area contributed by atoms with Gasteiger partial charge in [0.2, 0.25) is 0 Å².